The number of halogens is 1. The summed E-state index contributed by atoms with van der Waals surface area (Å²) in [5, 5.41) is 38.6. The van der Waals surface area contributed by atoms with E-state index in [1.54, 1.807) is 13.0 Å². The molecule has 0 fully saturated rings. The summed E-state index contributed by atoms with van der Waals surface area (Å²) in [5.41, 5.74) is -0.198. The number of aliphatic hydroxyl groups excluding tert-OH is 1. The number of carbonyl (C=O) groups excluding carboxylic acids is 1. The molecule has 4 atom stereocenters. The van der Waals surface area contributed by atoms with Gasteiger partial charge in [-0.3, -0.25) is 14.4 Å². The summed E-state index contributed by atoms with van der Waals surface area (Å²) in [6, 6.07) is 1.64. The lowest BCUT2D eigenvalue weighted by atomic mass is 9.79. The van der Waals surface area contributed by atoms with Crippen molar-refractivity contribution >= 4 is 44.8 Å². The van der Waals surface area contributed by atoms with Gasteiger partial charge in [-0.2, -0.15) is 9.78 Å². The van der Waals surface area contributed by atoms with Crippen LogP contribution in [0.2, 0.25) is 5.02 Å². The van der Waals surface area contributed by atoms with Crippen molar-refractivity contribution in [1.29, 1.82) is 0 Å². The van der Waals surface area contributed by atoms with E-state index < -0.39 is 46.9 Å². The van der Waals surface area contributed by atoms with Crippen LogP contribution in [0.15, 0.2) is 25.2 Å². The van der Waals surface area contributed by atoms with Gasteiger partial charge in [-0.15, -0.1) is 0 Å². The molecule has 0 saturated heterocycles. The minimum absolute atomic E-state index is 0.0271. The van der Waals surface area contributed by atoms with Gasteiger partial charge in [0.2, 0.25) is 5.43 Å². The number of hydrogen-bond donors (Lipinski definition) is 3. The van der Waals surface area contributed by atoms with Crippen LogP contribution in [-0.4, -0.2) is 58.6 Å². The smallest absolute Gasteiger partial charge is 0.282 e. The summed E-state index contributed by atoms with van der Waals surface area (Å²) in [5.74, 6) is -1.25. The monoisotopic (exact) mass is 652 g/mol. The van der Waals surface area contributed by atoms with Crippen molar-refractivity contribution in [2.24, 2.45) is 5.10 Å². The highest BCUT2D eigenvalue weighted by Gasteiger charge is 2.44. The van der Waals surface area contributed by atoms with Gasteiger partial charge in [-0.05, 0) is 25.5 Å². The van der Waals surface area contributed by atoms with Gasteiger partial charge in [0.25, 0.3) is 5.56 Å². The van der Waals surface area contributed by atoms with E-state index >= 15 is 0 Å². The first-order chi connectivity index (χ1) is 21.9. The molecule has 3 heterocycles. The highest BCUT2D eigenvalue weighted by molar-refractivity contribution is 6.38. The molecule has 2 aliphatic carbocycles. The first-order valence-electron chi connectivity index (χ1n) is 14.4. The van der Waals surface area contributed by atoms with Crippen LogP contribution in [-0.2, 0) is 25.4 Å². The number of methoxy groups -OCH3 is 2. The van der Waals surface area contributed by atoms with Gasteiger partial charge in [0, 0.05) is 56.1 Å². The SMILES string of the molecule is CO[C@H]1C[C@@H](O)[C@H](OC)c2oc3c4c5c(c(O)c3c(=O)c21)-c1c(cc2c(Cl)c(C)n(N=C(C)C(C)=O)c(=O)c2c1O)C[C@H]5OCO4. The maximum Gasteiger partial charge on any atom is 0.282 e. The Morgan fingerprint density at radius 2 is 1.80 bits per heavy atom. The lowest BCUT2D eigenvalue weighted by Crippen LogP contribution is -2.34. The number of fused-ring (bicyclic) bond motifs is 6. The Kier molecular flexibility index (Phi) is 7.03. The molecule has 1 aliphatic heterocycles. The number of aromatic hydroxyl groups is 2. The van der Waals surface area contributed by atoms with E-state index in [9.17, 15) is 29.7 Å². The molecule has 240 valence electrons. The highest BCUT2D eigenvalue weighted by Crippen LogP contribution is 2.58. The molecule has 0 bridgehead atoms. The van der Waals surface area contributed by atoms with Gasteiger partial charge >= 0.3 is 0 Å². The predicted molar refractivity (Wildman–Crippen MR) is 165 cm³/mol. The Morgan fingerprint density at radius 1 is 1.09 bits per heavy atom. The number of phenolic OH excluding ortho intramolecular Hbond substituents is 2. The number of Topliss-reactive ketones (excluding diaryl/α,β-unsaturated/α-hetero) is 1. The molecule has 7 rings (SSSR count). The molecular formula is C32H29ClN2O11. The fourth-order valence-electron chi connectivity index (χ4n) is 6.82. The summed E-state index contributed by atoms with van der Waals surface area (Å²) < 4.78 is 30.0. The zero-order chi connectivity index (χ0) is 32.9. The van der Waals surface area contributed by atoms with Gasteiger partial charge in [0.1, 0.15) is 34.5 Å². The molecule has 0 saturated carbocycles. The first-order valence-corrected chi connectivity index (χ1v) is 14.8. The highest BCUT2D eigenvalue weighted by atomic mass is 35.5. The normalized spacial score (nSPS) is 21.9. The summed E-state index contributed by atoms with van der Waals surface area (Å²) >= 11 is 6.73. The fourth-order valence-corrected chi connectivity index (χ4v) is 7.05. The number of phenols is 2. The van der Waals surface area contributed by atoms with E-state index in [-0.39, 0.29) is 91.8 Å². The summed E-state index contributed by atoms with van der Waals surface area (Å²) in [6.07, 6.45) is -3.36. The van der Waals surface area contributed by atoms with Gasteiger partial charge < -0.3 is 38.7 Å². The molecule has 0 spiro atoms. The number of ether oxygens (including phenoxy) is 4. The number of hydrogen-bond acceptors (Lipinski definition) is 12. The second-order valence-corrected chi connectivity index (χ2v) is 12.0. The van der Waals surface area contributed by atoms with E-state index in [1.807, 2.05) is 0 Å². The van der Waals surface area contributed by atoms with Gasteiger partial charge in [0.05, 0.1) is 40.0 Å². The molecule has 3 aliphatic rings. The largest absolute Gasteiger partial charge is 0.506 e. The summed E-state index contributed by atoms with van der Waals surface area (Å²) in [7, 11) is 2.77. The van der Waals surface area contributed by atoms with Crippen molar-refractivity contribution in [2.75, 3.05) is 21.0 Å². The molecular weight excluding hydrogens is 624 g/mol. The zero-order valence-corrected chi connectivity index (χ0v) is 26.1. The average Bonchev–Trinajstić information content (AvgIpc) is 3.02. The number of aliphatic hydroxyl groups is 1. The van der Waals surface area contributed by atoms with E-state index in [2.05, 4.69) is 5.10 Å². The van der Waals surface area contributed by atoms with Crippen LogP contribution in [0.3, 0.4) is 0 Å². The van der Waals surface area contributed by atoms with Gasteiger partial charge in [0.15, 0.2) is 23.9 Å². The number of pyridine rings is 1. The van der Waals surface area contributed by atoms with E-state index in [1.165, 1.54) is 28.1 Å². The second-order valence-electron chi connectivity index (χ2n) is 11.6. The molecule has 14 heteroatoms. The minimum atomic E-state index is -1.04. The van der Waals surface area contributed by atoms with Crippen LogP contribution < -0.4 is 15.7 Å². The van der Waals surface area contributed by atoms with Crippen molar-refractivity contribution < 1.29 is 43.5 Å². The van der Waals surface area contributed by atoms with Crippen LogP contribution >= 0.6 is 11.6 Å². The van der Waals surface area contributed by atoms with E-state index in [0.29, 0.717) is 11.1 Å². The number of rotatable bonds is 4. The molecule has 0 radical (unpaired) electrons. The Bertz CT molecular complexity index is 2180. The minimum Gasteiger partial charge on any atom is -0.506 e. The van der Waals surface area contributed by atoms with Crippen LogP contribution in [0.5, 0.6) is 17.2 Å². The maximum atomic E-state index is 14.2. The molecule has 13 nitrogen and oxygen atoms in total. The van der Waals surface area contributed by atoms with Crippen molar-refractivity contribution in [3.63, 3.8) is 0 Å². The maximum absolute atomic E-state index is 14.2. The van der Waals surface area contributed by atoms with E-state index in [0.717, 1.165) is 4.68 Å². The molecule has 46 heavy (non-hydrogen) atoms. The standard InChI is InChI=1S/C32H29ClN2O11/c1-10(12(3)36)34-35-11(2)24(33)14-6-13-7-17-20-22(18(13)25(38)19(14)32(35)41)27(40)23-26(39)21-16(42-4)8-15(37)28(43-5)30(21)46-31(23)29(20)45-9-44-17/h6,15-17,28,37-38,40H,7-9H2,1-5H3/t15-,16+,17-,28+/m1/s1. The van der Waals surface area contributed by atoms with Crippen molar-refractivity contribution in [1.82, 2.24) is 4.68 Å². The Balaban J connectivity index is 1.61. The lowest BCUT2D eigenvalue weighted by molar-refractivity contribution is -0.111. The number of benzene rings is 2. The molecule has 0 unspecified atom stereocenters. The van der Waals surface area contributed by atoms with Gasteiger partial charge in [-0.25, -0.2) is 0 Å². The predicted octanol–water partition coefficient (Wildman–Crippen LogP) is 4.06. The van der Waals surface area contributed by atoms with Crippen molar-refractivity contribution in [3.8, 4) is 28.4 Å². The fraction of sp³-hybridized carbons (Fsp3) is 0.375. The number of ketones is 1. The first kappa shape index (κ1) is 30.4. The van der Waals surface area contributed by atoms with E-state index in [4.69, 9.17) is 35.0 Å². The third-order valence-corrected chi connectivity index (χ3v) is 9.64. The number of nitrogens with zero attached hydrogens (tertiary/aromatic N) is 2. The Morgan fingerprint density at radius 3 is 2.48 bits per heavy atom. The van der Waals surface area contributed by atoms with Crippen LogP contribution in [0.1, 0.15) is 66.7 Å². The quantitative estimate of drug-likeness (QED) is 0.271. The second kappa shape index (κ2) is 10.6. The molecule has 3 N–H and O–H groups in total. The Labute approximate surface area is 265 Å². The lowest BCUT2D eigenvalue weighted by Gasteiger charge is -2.36. The molecule has 2 aromatic carbocycles. The zero-order valence-electron chi connectivity index (χ0n) is 25.4. The molecule has 2 aromatic heterocycles. The molecule has 4 aromatic rings. The third kappa shape index (κ3) is 4.02. The van der Waals surface area contributed by atoms with Gasteiger partial charge in [-0.1, -0.05) is 11.6 Å². The van der Waals surface area contributed by atoms with Crippen LogP contribution in [0.4, 0.5) is 0 Å². The number of aromatic nitrogens is 1. The molecule has 0 amide bonds. The number of carbonyl (C=O) groups is 1. The summed E-state index contributed by atoms with van der Waals surface area (Å²) in [6.45, 7) is 4.12. The van der Waals surface area contributed by atoms with Crippen molar-refractivity contribution in [3.05, 3.63) is 59.8 Å². The van der Waals surface area contributed by atoms with Crippen LogP contribution in [0.25, 0.3) is 32.9 Å². The topological polar surface area (TPSA) is 179 Å². The van der Waals surface area contributed by atoms with Crippen molar-refractivity contribution in [2.45, 2.75) is 58.0 Å². The third-order valence-electron chi connectivity index (χ3n) is 9.16. The Hall–Kier alpha value is -4.27. The summed E-state index contributed by atoms with van der Waals surface area (Å²) in [4.78, 5) is 40.0. The van der Waals surface area contributed by atoms with Crippen LogP contribution in [0, 0.1) is 6.92 Å². The average molecular weight is 653 g/mol.